The summed E-state index contributed by atoms with van der Waals surface area (Å²) in [6, 6.07) is 12.5. The molecule has 2 aromatic rings. The summed E-state index contributed by atoms with van der Waals surface area (Å²) in [7, 11) is 0. The maximum atomic E-state index is 11.9. The molecule has 0 spiro atoms. The molecule has 2 rings (SSSR count). The van der Waals surface area contributed by atoms with Crippen LogP contribution in [0, 0.1) is 6.92 Å². The number of benzene rings is 2. The van der Waals surface area contributed by atoms with Crippen molar-refractivity contribution >= 4 is 23.3 Å². The molecule has 98 valence electrons. The van der Waals surface area contributed by atoms with Crippen molar-refractivity contribution in [2.24, 2.45) is 0 Å². The number of nitrogens with two attached hydrogens (primary N) is 1. The van der Waals surface area contributed by atoms with E-state index in [0.29, 0.717) is 16.3 Å². The summed E-state index contributed by atoms with van der Waals surface area (Å²) < 4.78 is 5.23. The van der Waals surface area contributed by atoms with Crippen molar-refractivity contribution in [3.05, 3.63) is 64.2 Å². The summed E-state index contributed by atoms with van der Waals surface area (Å²) in [5.74, 6) is -0.429. The van der Waals surface area contributed by atoms with Crippen molar-refractivity contribution in [1.29, 1.82) is 0 Å². The van der Waals surface area contributed by atoms with Crippen LogP contribution in [0.25, 0.3) is 0 Å². The average molecular weight is 276 g/mol. The second kappa shape index (κ2) is 5.76. The number of rotatable bonds is 3. The minimum atomic E-state index is -0.429. The Morgan fingerprint density at radius 2 is 2.00 bits per heavy atom. The molecule has 0 saturated heterocycles. The first kappa shape index (κ1) is 13.4. The van der Waals surface area contributed by atoms with E-state index in [4.69, 9.17) is 22.1 Å². The molecule has 0 fully saturated rings. The predicted octanol–water partition coefficient (Wildman–Crippen LogP) is 3.59. The Hall–Kier alpha value is -2.00. The van der Waals surface area contributed by atoms with Crippen molar-refractivity contribution in [3.8, 4) is 0 Å². The summed E-state index contributed by atoms with van der Waals surface area (Å²) in [6.07, 6.45) is 0. The van der Waals surface area contributed by atoms with Crippen molar-refractivity contribution < 1.29 is 9.53 Å². The largest absolute Gasteiger partial charge is 0.457 e. The van der Waals surface area contributed by atoms with Crippen LogP contribution in [-0.4, -0.2) is 5.97 Å². The Morgan fingerprint density at radius 3 is 2.74 bits per heavy atom. The molecule has 0 atom stereocenters. The smallest absolute Gasteiger partial charge is 0.340 e. The summed E-state index contributed by atoms with van der Waals surface area (Å²) in [5.41, 5.74) is 8.40. The van der Waals surface area contributed by atoms with E-state index < -0.39 is 5.97 Å². The van der Waals surface area contributed by atoms with Gasteiger partial charge in [-0.2, -0.15) is 0 Å². The van der Waals surface area contributed by atoms with Gasteiger partial charge in [0.25, 0.3) is 0 Å². The Morgan fingerprint density at radius 1 is 1.26 bits per heavy atom. The lowest BCUT2D eigenvalue weighted by Crippen LogP contribution is -2.09. The molecule has 19 heavy (non-hydrogen) atoms. The second-order valence-corrected chi connectivity index (χ2v) is 4.68. The van der Waals surface area contributed by atoms with E-state index in [1.54, 1.807) is 24.3 Å². The minimum Gasteiger partial charge on any atom is -0.457 e. The van der Waals surface area contributed by atoms with Gasteiger partial charge in [-0.15, -0.1) is 0 Å². The van der Waals surface area contributed by atoms with Gasteiger partial charge in [0.15, 0.2) is 0 Å². The molecule has 2 aromatic carbocycles. The molecule has 0 radical (unpaired) electrons. The van der Waals surface area contributed by atoms with Crippen LogP contribution in [0.15, 0.2) is 42.5 Å². The van der Waals surface area contributed by atoms with Crippen LogP contribution >= 0.6 is 11.6 Å². The fourth-order valence-electron chi connectivity index (χ4n) is 1.71. The number of esters is 1. The van der Waals surface area contributed by atoms with E-state index >= 15 is 0 Å². The Labute approximate surface area is 117 Å². The SMILES string of the molecule is Cc1cccc(C(=O)OCc2cccc(Cl)c2)c1N. The quantitative estimate of drug-likeness (QED) is 0.688. The highest BCUT2D eigenvalue weighted by molar-refractivity contribution is 6.30. The van der Waals surface area contributed by atoms with Gasteiger partial charge in [0.05, 0.1) is 5.56 Å². The molecule has 0 aliphatic rings. The normalized spacial score (nSPS) is 10.2. The van der Waals surface area contributed by atoms with Crippen molar-refractivity contribution in [2.75, 3.05) is 5.73 Å². The first-order valence-corrected chi connectivity index (χ1v) is 6.22. The molecular formula is C15H14ClNO2. The summed E-state index contributed by atoms with van der Waals surface area (Å²) in [5, 5.41) is 0.614. The molecular weight excluding hydrogens is 262 g/mol. The molecule has 0 aliphatic carbocycles. The van der Waals surface area contributed by atoms with E-state index in [1.807, 2.05) is 25.1 Å². The summed E-state index contributed by atoms with van der Waals surface area (Å²) in [4.78, 5) is 11.9. The van der Waals surface area contributed by atoms with Gasteiger partial charge in [0.1, 0.15) is 6.61 Å². The Balaban J connectivity index is 2.08. The molecule has 0 aliphatic heterocycles. The zero-order valence-corrected chi connectivity index (χ0v) is 11.3. The molecule has 4 heteroatoms. The van der Waals surface area contributed by atoms with E-state index in [1.165, 1.54) is 0 Å². The lowest BCUT2D eigenvalue weighted by molar-refractivity contribution is 0.0474. The van der Waals surface area contributed by atoms with Crippen LogP contribution in [0.3, 0.4) is 0 Å². The van der Waals surface area contributed by atoms with Crippen molar-refractivity contribution in [3.63, 3.8) is 0 Å². The number of nitrogen functional groups attached to an aromatic ring is 1. The fraction of sp³-hybridized carbons (Fsp3) is 0.133. The highest BCUT2D eigenvalue weighted by atomic mass is 35.5. The zero-order valence-electron chi connectivity index (χ0n) is 10.5. The number of carbonyl (C=O) groups is 1. The van der Waals surface area contributed by atoms with Gasteiger partial charge in [0.2, 0.25) is 0 Å². The van der Waals surface area contributed by atoms with Crippen LogP contribution < -0.4 is 5.73 Å². The van der Waals surface area contributed by atoms with Crippen molar-refractivity contribution in [1.82, 2.24) is 0 Å². The van der Waals surface area contributed by atoms with Crippen LogP contribution in [-0.2, 0) is 11.3 Å². The highest BCUT2D eigenvalue weighted by Gasteiger charge is 2.12. The molecule has 0 unspecified atom stereocenters. The number of carbonyl (C=O) groups excluding carboxylic acids is 1. The van der Waals surface area contributed by atoms with Crippen LogP contribution in [0.2, 0.25) is 5.02 Å². The predicted molar refractivity (Wildman–Crippen MR) is 76.2 cm³/mol. The van der Waals surface area contributed by atoms with Gasteiger partial charge in [0, 0.05) is 10.7 Å². The van der Waals surface area contributed by atoms with Gasteiger partial charge in [-0.05, 0) is 36.2 Å². The number of para-hydroxylation sites is 1. The van der Waals surface area contributed by atoms with Crippen molar-refractivity contribution in [2.45, 2.75) is 13.5 Å². The van der Waals surface area contributed by atoms with Gasteiger partial charge in [-0.25, -0.2) is 4.79 Å². The minimum absolute atomic E-state index is 0.173. The lowest BCUT2D eigenvalue weighted by atomic mass is 10.1. The standard InChI is InChI=1S/C15H14ClNO2/c1-10-4-2-7-13(14(10)17)15(18)19-9-11-5-3-6-12(16)8-11/h2-8H,9,17H2,1H3. The molecule has 0 heterocycles. The van der Waals surface area contributed by atoms with Crippen LogP contribution in [0.5, 0.6) is 0 Å². The third kappa shape index (κ3) is 3.26. The number of halogens is 1. The number of anilines is 1. The van der Waals surface area contributed by atoms with Gasteiger partial charge >= 0.3 is 5.97 Å². The van der Waals surface area contributed by atoms with E-state index in [2.05, 4.69) is 0 Å². The Kier molecular flexibility index (Phi) is 4.07. The molecule has 3 nitrogen and oxygen atoms in total. The molecule has 0 amide bonds. The highest BCUT2D eigenvalue weighted by Crippen LogP contribution is 2.18. The maximum absolute atomic E-state index is 11.9. The number of ether oxygens (including phenoxy) is 1. The van der Waals surface area contributed by atoms with E-state index in [9.17, 15) is 4.79 Å². The monoisotopic (exact) mass is 275 g/mol. The topological polar surface area (TPSA) is 52.3 Å². The van der Waals surface area contributed by atoms with Crippen LogP contribution in [0.1, 0.15) is 21.5 Å². The third-order valence-electron chi connectivity index (χ3n) is 2.80. The fourth-order valence-corrected chi connectivity index (χ4v) is 1.92. The van der Waals surface area contributed by atoms with Gasteiger partial charge in [-0.1, -0.05) is 35.9 Å². The number of hydrogen-bond acceptors (Lipinski definition) is 3. The van der Waals surface area contributed by atoms with E-state index in [-0.39, 0.29) is 6.61 Å². The second-order valence-electron chi connectivity index (χ2n) is 4.24. The Bertz CT molecular complexity index is 611. The lowest BCUT2D eigenvalue weighted by Gasteiger charge is -2.08. The van der Waals surface area contributed by atoms with Gasteiger partial charge < -0.3 is 10.5 Å². The molecule has 2 N–H and O–H groups in total. The number of aryl methyl sites for hydroxylation is 1. The molecule has 0 bridgehead atoms. The van der Waals surface area contributed by atoms with E-state index in [0.717, 1.165) is 11.1 Å². The molecule has 0 saturated carbocycles. The third-order valence-corrected chi connectivity index (χ3v) is 3.04. The summed E-state index contributed by atoms with van der Waals surface area (Å²) >= 11 is 5.86. The molecule has 0 aromatic heterocycles. The number of hydrogen-bond donors (Lipinski definition) is 1. The average Bonchev–Trinajstić information content (AvgIpc) is 2.39. The maximum Gasteiger partial charge on any atom is 0.340 e. The van der Waals surface area contributed by atoms with Gasteiger partial charge in [-0.3, -0.25) is 0 Å². The first-order valence-electron chi connectivity index (χ1n) is 5.84. The van der Waals surface area contributed by atoms with Crippen LogP contribution in [0.4, 0.5) is 5.69 Å². The first-order chi connectivity index (χ1) is 9.08. The summed E-state index contributed by atoms with van der Waals surface area (Å²) in [6.45, 7) is 2.02. The zero-order chi connectivity index (χ0) is 13.8.